The van der Waals surface area contributed by atoms with Crippen molar-refractivity contribution in [1.82, 2.24) is 4.98 Å². The number of fused-ring (bicyclic) bond motifs is 1. The lowest BCUT2D eigenvalue weighted by molar-refractivity contribution is -0.384. The maximum atomic E-state index is 12.0. The summed E-state index contributed by atoms with van der Waals surface area (Å²) in [5.74, 6) is 0.312. The summed E-state index contributed by atoms with van der Waals surface area (Å²) in [7, 11) is 1.57. The maximum Gasteiger partial charge on any atom is 0.269 e. The van der Waals surface area contributed by atoms with Crippen LogP contribution < -0.4 is 10.1 Å². The number of rotatable bonds is 5. The zero-order valence-corrected chi connectivity index (χ0v) is 13.9. The summed E-state index contributed by atoms with van der Waals surface area (Å²) in [4.78, 5) is 26.5. The number of ether oxygens (including phenoxy) is 1. The van der Waals surface area contributed by atoms with Crippen LogP contribution in [0.3, 0.4) is 0 Å². The first-order valence-electron chi connectivity index (χ1n) is 7.24. The number of hydrogen-bond acceptors (Lipinski definition) is 6. The molecule has 3 aromatic rings. The number of benzene rings is 2. The minimum atomic E-state index is -0.471. The van der Waals surface area contributed by atoms with Gasteiger partial charge in [-0.2, -0.15) is 0 Å². The third kappa shape index (κ3) is 3.81. The first-order valence-corrected chi connectivity index (χ1v) is 8.05. The number of aromatic nitrogens is 1. The summed E-state index contributed by atoms with van der Waals surface area (Å²) in [5, 5.41) is 13.8. The molecular weight excluding hydrogens is 342 g/mol. The number of nitro groups is 1. The van der Waals surface area contributed by atoms with Gasteiger partial charge < -0.3 is 4.74 Å². The van der Waals surface area contributed by atoms with E-state index in [0.717, 1.165) is 4.70 Å². The van der Waals surface area contributed by atoms with E-state index in [1.54, 1.807) is 25.3 Å². The van der Waals surface area contributed by atoms with Crippen molar-refractivity contribution >= 4 is 44.4 Å². The lowest BCUT2D eigenvalue weighted by atomic mass is 10.2. The number of hydrogen-bond donors (Lipinski definition) is 1. The molecule has 0 radical (unpaired) electrons. The maximum absolute atomic E-state index is 12.0. The molecule has 0 unspecified atom stereocenters. The van der Waals surface area contributed by atoms with Crippen LogP contribution in [0.5, 0.6) is 5.75 Å². The molecule has 1 N–H and O–H groups in total. The Kier molecular flexibility index (Phi) is 4.71. The normalized spacial score (nSPS) is 10.9. The Morgan fingerprint density at radius 1 is 1.28 bits per heavy atom. The molecule has 0 aliphatic rings. The molecule has 0 spiro atoms. The van der Waals surface area contributed by atoms with Gasteiger partial charge in [-0.3, -0.25) is 20.2 Å². The molecule has 0 aliphatic heterocycles. The van der Waals surface area contributed by atoms with Gasteiger partial charge in [0.05, 0.1) is 16.7 Å². The summed E-state index contributed by atoms with van der Waals surface area (Å²) >= 11 is 1.35. The molecule has 1 aromatic heterocycles. The second-order valence-electron chi connectivity index (χ2n) is 5.00. The van der Waals surface area contributed by atoms with Crippen molar-refractivity contribution in [3.8, 4) is 5.75 Å². The number of anilines is 1. The average Bonchev–Trinajstić information content (AvgIpc) is 3.02. The fourth-order valence-corrected chi connectivity index (χ4v) is 3.05. The zero-order chi connectivity index (χ0) is 17.8. The molecule has 25 heavy (non-hydrogen) atoms. The second kappa shape index (κ2) is 7.10. The van der Waals surface area contributed by atoms with Crippen molar-refractivity contribution in [2.75, 3.05) is 12.4 Å². The van der Waals surface area contributed by atoms with Crippen LogP contribution in [-0.2, 0) is 4.79 Å². The van der Waals surface area contributed by atoms with Crippen molar-refractivity contribution in [3.63, 3.8) is 0 Å². The van der Waals surface area contributed by atoms with Crippen LogP contribution in [0.4, 0.5) is 10.8 Å². The quantitative estimate of drug-likeness (QED) is 0.426. The molecule has 0 atom stereocenters. The molecule has 3 rings (SSSR count). The summed E-state index contributed by atoms with van der Waals surface area (Å²) in [6, 6.07) is 11.5. The fraction of sp³-hybridized carbons (Fsp3) is 0.0588. The smallest absolute Gasteiger partial charge is 0.269 e. The van der Waals surface area contributed by atoms with Gasteiger partial charge in [0.1, 0.15) is 11.3 Å². The van der Waals surface area contributed by atoms with E-state index in [1.165, 1.54) is 29.5 Å². The van der Waals surface area contributed by atoms with Crippen LogP contribution in [0.15, 0.2) is 48.5 Å². The van der Waals surface area contributed by atoms with E-state index in [4.69, 9.17) is 4.74 Å². The number of nitro benzene ring substituents is 1. The molecule has 0 bridgehead atoms. The lowest BCUT2D eigenvalue weighted by Gasteiger charge is -1.98. The van der Waals surface area contributed by atoms with Gasteiger partial charge >= 0.3 is 0 Å². The van der Waals surface area contributed by atoms with Crippen LogP contribution in [0.2, 0.25) is 0 Å². The first kappa shape index (κ1) is 16.6. The second-order valence-corrected chi connectivity index (χ2v) is 6.03. The summed E-state index contributed by atoms with van der Waals surface area (Å²) < 4.78 is 6.16. The number of para-hydroxylation sites is 1. The van der Waals surface area contributed by atoms with Crippen LogP contribution in [0, 0.1) is 10.1 Å². The van der Waals surface area contributed by atoms with Crippen LogP contribution >= 0.6 is 11.3 Å². The Labute approximate surface area is 146 Å². The van der Waals surface area contributed by atoms with Gasteiger partial charge in [-0.05, 0) is 35.9 Å². The molecule has 7 nitrogen and oxygen atoms in total. The Morgan fingerprint density at radius 3 is 2.72 bits per heavy atom. The summed E-state index contributed by atoms with van der Waals surface area (Å²) in [6.45, 7) is 0. The van der Waals surface area contributed by atoms with E-state index in [1.807, 2.05) is 18.2 Å². The molecular formula is C17H13N3O4S. The van der Waals surface area contributed by atoms with Crippen LogP contribution in [0.1, 0.15) is 5.56 Å². The van der Waals surface area contributed by atoms with Gasteiger partial charge in [-0.15, -0.1) is 0 Å². The van der Waals surface area contributed by atoms with E-state index in [9.17, 15) is 14.9 Å². The van der Waals surface area contributed by atoms with Crippen molar-refractivity contribution in [2.45, 2.75) is 0 Å². The van der Waals surface area contributed by atoms with E-state index >= 15 is 0 Å². The number of non-ortho nitro benzene ring substituents is 1. The molecule has 0 saturated heterocycles. The van der Waals surface area contributed by atoms with E-state index in [2.05, 4.69) is 10.3 Å². The van der Waals surface area contributed by atoms with Crippen molar-refractivity contribution in [1.29, 1.82) is 0 Å². The van der Waals surface area contributed by atoms with E-state index < -0.39 is 4.92 Å². The van der Waals surface area contributed by atoms with Crippen LogP contribution in [0.25, 0.3) is 16.3 Å². The standard InChI is InChI=1S/C17H13N3O4S/c1-24-13-3-2-4-14-16(13)19-17(25-14)18-15(21)10-7-11-5-8-12(9-6-11)20(22)23/h2-10H,1H3,(H,18,19,21). The van der Waals surface area contributed by atoms with Gasteiger partial charge in [0.25, 0.3) is 5.69 Å². The highest BCUT2D eigenvalue weighted by Gasteiger charge is 2.09. The fourth-order valence-electron chi connectivity index (χ4n) is 2.17. The van der Waals surface area contributed by atoms with Gasteiger partial charge in [0.15, 0.2) is 5.13 Å². The average molecular weight is 355 g/mol. The Hall–Kier alpha value is -3.26. The molecule has 126 valence electrons. The highest BCUT2D eigenvalue weighted by Crippen LogP contribution is 2.32. The third-order valence-corrected chi connectivity index (χ3v) is 4.30. The molecule has 1 heterocycles. The first-order chi connectivity index (χ1) is 12.1. The SMILES string of the molecule is COc1cccc2sc(NC(=O)C=Cc3ccc([N+](=O)[O-])cc3)nc12. The predicted octanol–water partition coefficient (Wildman–Crippen LogP) is 3.87. The molecule has 0 saturated carbocycles. The Bertz CT molecular complexity index is 964. The number of carbonyl (C=O) groups excluding carboxylic acids is 1. The van der Waals surface area contributed by atoms with Gasteiger partial charge in [0, 0.05) is 18.2 Å². The summed E-state index contributed by atoms with van der Waals surface area (Å²) in [5.41, 5.74) is 1.39. The number of thiazole rings is 1. The molecule has 0 fully saturated rings. The number of nitrogens with zero attached hydrogens (tertiary/aromatic N) is 2. The molecule has 0 aliphatic carbocycles. The highest BCUT2D eigenvalue weighted by atomic mass is 32.1. The minimum Gasteiger partial charge on any atom is -0.494 e. The molecule has 1 amide bonds. The van der Waals surface area contributed by atoms with E-state index in [0.29, 0.717) is 22.0 Å². The number of carbonyl (C=O) groups is 1. The third-order valence-electron chi connectivity index (χ3n) is 3.36. The van der Waals surface area contributed by atoms with E-state index in [-0.39, 0.29) is 11.6 Å². The van der Waals surface area contributed by atoms with Gasteiger partial charge in [0.2, 0.25) is 5.91 Å². The van der Waals surface area contributed by atoms with Gasteiger partial charge in [-0.25, -0.2) is 4.98 Å². The minimum absolute atomic E-state index is 0.00465. The monoisotopic (exact) mass is 355 g/mol. The largest absolute Gasteiger partial charge is 0.494 e. The van der Waals surface area contributed by atoms with Crippen molar-refractivity contribution < 1.29 is 14.5 Å². The zero-order valence-electron chi connectivity index (χ0n) is 13.1. The predicted molar refractivity (Wildman–Crippen MR) is 96.9 cm³/mol. The highest BCUT2D eigenvalue weighted by molar-refractivity contribution is 7.22. The Balaban J connectivity index is 1.71. The number of nitrogens with one attached hydrogen (secondary N) is 1. The van der Waals surface area contributed by atoms with Crippen molar-refractivity contribution in [2.24, 2.45) is 0 Å². The van der Waals surface area contributed by atoms with Crippen LogP contribution in [-0.4, -0.2) is 22.9 Å². The van der Waals surface area contributed by atoms with Gasteiger partial charge in [-0.1, -0.05) is 17.4 Å². The number of amides is 1. The molecule has 8 heteroatoms. The van der Waals surface area contributed by atoms with Crippen molar-refractivity contribution in [3.05, 3.63) is 64.2 Å². The topological polar surface area (TPSA) is 94.4 Å². The lowest BCUT2D eigenvalue weighted by Crippen LogP contribution is -2.07. The molecule has 2 aromatic carbocycles. The summed E-state index contributed by atoms with van der Waals surface area (Å²) in [6.07, 6.45) is 2.93. The Morgan fingerprint density at radius 2 is 2.04 bits per heavy atom. The number of methoxy groups -OCH3 is 1.